The maximum Gasteiger partial charge on any atom is 0.255 e. The molecule has 0 fully saturated rings. The van der Waals surface area contributed by atoms with Crippen molar-refractivity contribution in [2.75, 3.05) is 11.9 Å². The zero-order chi connectivity index (χ0) is 16.7. The first kappa shape index (κ1) is 16.3. The van der Waals surface area contributed by atoms with Crippen molar-refractivity contribution in [3.8, 4) is 12.3 Å². The predicted molar refractivity (Wildman–Crippen MR) is 91.4 cm³/mol. The van der Waals surface area contributed by atoms with Crippen LogP contribution in [0.4, 0.5) is 5.69 Å². The van der Waals surface area contributed by atoms with Gasteiger partial charge in [0.2, 0.25) is 0 Å². The van der Waals surface area contributed by atoms with E-state index in [0.29, 0.717) is 16.8 Å². The lowest BCUT2D eigenvalue weighted by Gasteiger charge is -2.11. The first-order chi connectivity index (χ1) is 11.2. The number of carbonyl (C=O) groups is 2. The van der Waals surface area contributed by atoms with Gasteiger partial charge < -0.3 is 10.6 Å². The fraction of sp³-hybridized carbons (Fsp3) is 0.158. The summed E-state index contributed by atoms with van der Waals surface area (Å²) < 4.78 is 0. The zero-order valence-corrected chi connectivity index (χ0v) is 12.9. The minimum atomic E-state index is -0.319. The molecular formula is C19H18N2O2. The molecule has 0 aliphatic carbocycles. The van der Waals surface area contributed by atoms with Crippen molar-refractivity contribution < 1.29 is 9.59 Å². The molecule has 0 spiro atoms. The van der Waals surface area contributed by atoms with Gasteiger partial charge in [-0.1, -0.05) is 37.1 Å². The third-order valence-electron chi connectivity index (χ3n) is 3.40. The number of aryl methyl sites for hydroxylation is 1. The molecule has 0 aromatic heterocycles. The SMILES string of the molecule is C#CCNC(=O)c1ccccc1NC(=O)c1ccc(CC)cc1. The third-order valence-corrected chi connectivity index (χ3v) is 3.40. The van der Waals surface area contributed by atoms with Gasteiger partial charge in [-0.2, -0.15) is 0 Å². The van der Waals surface area contributed by atoms with Gasteiger partial charge in [0, 0.05) is 5.56 Å². The van der Waals surface area contributed by atoms with Gasteiger partial charge in [0.15, 0.2) is 0 Å². The highest BCUT2D eigenvalue weighted by Crippen LogP contribution is 2.16. The maximum atomic E-state index is 12.3. The number of terminal acetylenes is 1. The van der Waals surface area contributed by atoms with Gasteiger partial charge in [0.25, 0.3) is 11.8 Å². The Morgan fingerprint density at radius 2 is 1.74 bits per heavy atom. The quantitative estimate of drug-likeness (QED) is 0.835. The molecule has 2 rings (SSSR count). The van der Waals surface area contributed by atoms with Gasteiger partial charge >= 0.3 is 0 Å². The molecule has 2 aromatic rings. The van der Waals surface area contributed by atoms with Crippen LogP contribution in [-0.4, -0.2) is 18.4 Å². The summed E-state index contributed by atoms with van der Waals surface area (Å²) in [5.74, 6) is 1.77. The van der Waals surface area contributed by atoms with E-state index in [0.717, 1.165) is 12.0 Å². The average Bonchev–Trinajstić information content (AvgIpc) is 2.60. The number of amides is 2. The van der Waals surface area contributed by atoms with Crippen molar-refractivity contribution in [2.24, 2.45) is 0 Å². The molecule has 0 aliphatic rings. The lowest BCUT2D eigenvalue weighted by atomic mass is 10.1. The monoisotopic (exact) mass is 306 g/mol. The molecule has 0 radical (unpaired) electrons. The second-order valence-electron chi connectivity index (χ2n) is 4.94. The van der Waals surface area contributed by atoms with Gasteiger partial charge in [-0.05, 0) is 36.2 Å². The normalized spacial score (nSPS) is 9.74. The second-order valence-corrected chi connectivity index (χ2v) is 4.94. The highest BCUT2D eigenvalue weighted by molar-refractivity contribution is 6.09. The van der Waals surface area contributed by atoms with Crippen LogP contribution in [0.3, 0.4) is 0 Å². The van der Waals surface area contributed by atoms with Crippen LogP contribution >= 0.6 is 0 Å². The van der Waals surface area contributed by atoms with Crippen molar-refractivity contribution in [1.82, 2.24) is 5.32 Å². The largest absolute Gasteiger partial charge is 0.341 e. The summed E-state index contributed by atoms with van der Waals surface area (Å²) in [5, 5.41) is 5.36. The molecule has 2 N–H and O–H groups in total. The van der Waals surface area contributed by atoms with Crippen LogP contribution in [0.2, 0.25) is 0 Å². The first-order valence-electron chi connectivity index (χ1n) is 7.36. The van der Waals surface area contributed by atoms with Crippen LogP contribution < -0.4 is 10.6 Å². The minimum Gasteiger partial charge on any atom is -0.341 e. The van der Waals surface area contributed by atoms with E-state index in [2.05, 4.69) is 23.5 Å². The van der Waals surface area contributed by atoms with E-state index in [-0.39, 0.29) is 18.4 Å². The Morgan fingerprint density at radius 1 is 1.04 bits per heavy atom. The zero-order valence-electron chi connectivity index (χ0n) is 12.9. The number of carbonyl (C=O) groups excluding carboxylic acids is 2. The molecule has 0 bridgehead atoms. The van der Waals surface area contributed by atoms with Crippen molar-refractivity contribution >= 4 is 17.5 Å². The Hall–Kier alpha value is -3.06. The molecule has 2 aromatic carbocycles. The van der Waals surface area contributed by atoms with E-state index >= 15 is 0 Å². The molecule has 0 unspecified atom stereocenters. The summed E-state index contributed by atoms with van der Waals surface area (Å²) in [7, 11) is 0. The number of hydrogen-bond donors (Lipinski definition) is 2. The highest BCUT2D eigenvalue weighted by Gasteiger charge is 2.13. The summed E-state index contributed by atoms with van der Waals surface area (Å²) in [6, 6.07) is 14.2. The fourth-order valence-electron chi connectivity index (χ4n) is 2.10. The predicted octanol–water partition coefficient (Wildman–Crippen LogP) is 2.86. The van der Waals surface area contributed by atoms with E-state index < -0.39 is 0 Å². The van der Waals surface area contributed by atoms with E-state index in [1.54, 1.807) is 36.4 Å². The minimum absolute atomic E-state index is 0.138. The summed E-state index contributed by atoms with van der Waals surface area (Å²) >= 11 is 0. The Bertz CT molecular complexity index is 743. The van der Waals surface area contributed by atoms with E-state index in [4.69, 9.17) is 6.42 Å². The summed E-state index contributed by atoms with van der Waals surface area (Å²) in [5.41, 5.74) is 2.53. The Kier molecular flexibility index (Phi) is 5.54. The van der Waals surface area contributed by atoms with Crippen LogP contribution in [0.5, 0.6) is 0 Å². The topological polar surface area (TPSA) is 58.2 Å². The molecule has 4 heteroatoms. The van der Waals surface area contributed by atoms with Gasteiger partial charge in [-0.3, -0.25) is 9.59 Å². The van der Waals surface area contributed by atoms with Crippen molar-refractivity contribution in [3.05, 3.63) is 65.2 Å². The summed E-state index contributed by atoms with van der Waals surface area (Å²) in [6.07, 6.45) is 6.06. The fourth-order valence-corrected chi connectivity index (χ4v) is 2.10. The lowest BCUT2D eigenvalue weighted by Crippen LogP contribution is -2.25. The summed E-state index contributed by atoms with van der Waals surface area (Å²) in [4.78, 5) is 24.4. The molecule has 4 nitrogen and oxygen atoms in total. The van der Waals surface area contributed by atoms with Crippen LogP contribution in [0.25, 0.3) is 0 Å². The lowest BCUT2D eigenvalue weighted by molar-refractivity contribution is 0.0959. The first-order valence-corrected chi connectivity index (χ1v) is 7.36. The number of nitrogens with one attached hydrogen (secondary N) is 2. The van der Waals surface area contributed by atoms with Crippen LogP contribution in [0, 0.1) is 12.3 Å². The third kappa shape index (κ3) is 4.21. The second kappa shape index (κ2) is 7.81. The standard InChI is InChI=1S/C19H18N2O2/c1-3-13-20-19(23)16-7-5-6-8-17(16)21-18(22)15-11-9-14(4-2)10-12-15/h1,5-12H,4,13H2,2H3,(H,20,23)(H,21,22). The number of anilines is 1. The molecule has 23 heavy (non-hydrogen) atoms. The van der Waals surface area contributed by atoms with Crippen LogP contribution in [0.15, 0.2) is 48.5 Å². The smallest absolute Gasteiger partial charge is 0.255 e. The molecule has 0 aliphatic heterocycles. The van der Waals surface area contributed by atoms with Crippen LogP contribution in [0.1, 0.15) is 33.2 Å². The number of benzene rings is 2. The van der Waals surface area contributed by atoms with Gasteiger partial charge in [0.05, 0.1) is 17.8 Å². The Balaban J connectivity index is 2.17. The molecule has 116 valence electrons. The van der Waals surface area contributed by atoms with Gasteiger partial charge in [0.1, 0.15) is 0 Å². The van der Waals surface area contributed by atoms with Gasteiger partial charge in [-0.25, -0.2) is 0 Å². The molecule has 0 saturated heterocycles. The number of hydrogen-bond acceptors (Lipinski definition) is 2. The van der Waals surface area contributed by atoms with Crippen molar-refractivity contribution in [3.63, 3.8) is 0 Å². The highest BCUT2D eigenvalue weighted by atomic mass is 16.2. The van der Waals surface area contributed by atoms with E-state index in [1.165, 1.54) is 0 Å². The average molecular weight is 306 g/mol. The molecule has 2 amide bonds. The van der Waals surface area contributed by atoms with Crippen LogP contribution in [-0.2, 0) is 6.42 Å². The number of para-hydroxylation sites is 1. The Labute approximate surface area is 135 Å². The Morgan fingerprint density at radius 3 is 2.39 bits per heavy atom. The molecule has 0 heterocycles. The molecule has 0 saturated carbocycles. The molecule has 0 atom stereocenters. The van der Waals surface area contributed by atoms with Crippen molar-refractivity contribution in [1.29, 1.82) is 0 Å². The van der Waals surface area contributed by atoms with Gasteiger partial charge in [-0.15, -0.1) is 6.42 Å². The van der Waals surface area contributed by atoms with E-state index in [1.807, 2.05) is 12.1 Å². The molecular weight excluding hydrogens is 288 g/mol. The maximum absolute atomic E-state index is 12.3. The summed E-state index contributed by atoms with van der Waals surface area (Å²) in [6.45, 7) is 2.19. The number of rotatable bonds is 5. The van der Waals surface area contributed by atoms with Crippen molar-refractivity contribution in [2.45, 2.75) is 13.3 Å². The van der Waals surface area contributed by atoms with E-state index in [9.17, 15) is 9.59 Å².